The fourth-order valence-corrected chi connectivity index (χ4v) is 3.64. The van der Waals surface area contributed by atoms with Gasteiger partial charge in [0.25, 0.3) is 0 Å². The Morgan fingerprint density at radius 1 is 1.14 bits per heavy atom. The Kier molecular flexibility index (Phi) is 11.7. The Labute approximate surface area is 138 Å². The topological polar surface area (TPSA) is 69.7 Å². The van der Waals surface area contributed by atoms with E-state index in [0.717, 1.165) is 5.75 Å². The van der Waals surface area contributed by atoms with Crippen molar-refractivity contribution in [3.63, 3.8) is 0 Å². The van der Waals surface area contributed by atoms with Crippen molar-refractivity contribution in [2.45, 2.75) is 38.9 Å². The Morgan fingerprint density at radius 2 is 1.76 bits per heavy atom. The van der Waals surface area contributed by atoms with Crippen LogP contribution in [-0.2, 0) is 23.9 Å². The lowest BCUT2D eigenvalue weighted by Crippen LogP contribution is -2.21. The van der Waals surface area contributed by atoms with Crippen LogP contribution in [0.15, 0.2) is 0 Å². The van der Waals surface area contributed by atoms with Gasteiger partial charge in [-0.3, -0.25) is 9.59 Å². The summed E-state index contributed by atoms with van der Waals surface area (Å²) >= 11 is 7.88. The number of rotatable bonds is 9. The Bertz CT molecular complexity index is 384. The van der Waals surface area contributed by atoms with Gasteiger partial charge in [-0.05, 0) is 19.6 Å². The van der Waals surface area contributed by atoms with E-state index >= 15 is 0 Å². The van der Waals surface area contributed by atoms with Crippen LogP contribution in [0.3, 0.4) is 0 Å². The number of hydrogen-bond acceptors (Lipinski definition) is 8. The molecule has 120 valence electrons. The van der Waals surface area contributed by atoms with Crippen molar-refractivity contribution in [1.29, 1.82) is 0 Å². The van der Waals surface area contributed by atoms with Crippen LogP contribution >= 0.6 is 35.7 Å². The summed E-state index contributed by atoms with van der Waals surface area (Å²) < 4.78 is 10.5. The molecule has 0 spiro atoms. The number of hydrogen-bond donors (Lipinski definition) is 0. The van der Waals surface area contributed by atoms with Crippen molar-refractivity contribution in [1.82, 2.24) is 0 Å². The first-order chi connectivity index (χ1) is 9.86. The summed E-state index contributed by atoms with van der Waals surface area (Å²) in [5.41, 5.74) is 0. The summed E-state index contributed by atoms with van der Waals surface area (Å²) in [7, 11) is 0. The molecule has 0 radical (unpaired) electrons. The third-order valence-electron chi connectivity index (χ3n) is 2.14. The first-order valence-corrected chi connectivity index (χ1v) is 8.79. The third kappa shape index (κ3) is 11.7. The lowest BCUT2D eigenvalue weighted by molar-refractivity contribution is -0.152. The molecule has 0 rings (SSSR count). The molecule has 0 saturated heterocycles. The molecule has 0 aliphatic carbocycles. The second-order valence-electron chi connectivity index (χ2n) is 4.03. The number of carbonyl (C=O) groups is 3. The fraction of sp³-hybridized carbons (Fsp3) is 0.692. The predicted molar refractivity (Wildman–Crippen MR) is 89.6 cm³/mol. The highest BCUT2D eigenvalue weighted by Crippen LogP contribution is 2.22. The van der Waals surface area contributed by atoms with Gasteiger partial charge in [-0.15, -0.1) is 11.8 Å². The highest BCUT2D eigenvalue weighted by Gasteiger charge is 2.17. The van der Waals surface area contributed by atoms with Gasteiger partial charge in [-0.1, -0.05) is 30.9 Å². The van der Waals surface area contributed by atoms with Gasteiger partial charge >= 0.3 is 11.9 Å². The molecule has 1 unspecified atom stereocenters. The summed E-state index contributed by atoms with van der Waals surface area (Å²) in [6, 6.07) is 0. The highest BCUT2D eigenvalue weighted by atomic mass is 32.2. The molecule has 0 aromatic carbocycles. The van der Waals surface area contributed by atoms with E-state index < -0.39 is 5.97 Å². The van der Waals surface area contributed by atoms with Gasteiger partial charge in [-0.2, -0.15) is 0 Å². The van der Waals surface area contributed by atoms with E-state index in [1.807, 2.05) is 6.92 Å². The molecule has 0 bridgehead atoms. The van der Waals surface area contributed by atoms with E-state index in [0.29, 0.717) is 3.53 Å². The van der Waals surface area contributed by atoms with E-state index in [1.165, 1.54) is 30.4 Å². The molecule has 1 atom stereocenters. The molecule has 0 amide bonds. The van der Waals surface area contributed by atoms with Crippen LogP contribution in [0.2, 0.25) is 0 Å². The monoisotopic (exact) mass is 352 g/mol. The maximum Gasteiger partial charge on any atom is 0.319 e. The van der Waals surface area contributed by atoms with Crippen LogP contribution in [0.25, 0.3) is 0 Å². The number of thiocarbonyl (C=S) groups is 1. The summed E-state index contributed by atoms with van der Waals surface area (Å²) in [6.07, 6.45) is 0.219. The van der Waals surface area contributed by atoms with Gasteiger partial charge in [0.15, 0.2) is 0 Å². The minimum Gasteiger partial charge on any atom is -0.462 e. The van der Waals surface area contributed by atoms with Crippen LogP contribution < -0.4 is 0 Å². The number of esters is 2. The molecular weight excluding hydrogens is 332 g/mol. The molecule has 0 aliphatic rings. The molecule has 0 saturated carbocycles. The van der Waals surface area contributed by atoms with E-state index in [-0.39, 0.29) is 43.1 Å². The van der Waals surface area contributed by atoms with Gasteiger partial charge in [0.05, 0.1) is 6.42 Å². The van der Waals surface area contributed by atoms with Gasteiger partial charge in [-0.25, -0.2) is 0 Å². The van der Waals surface area contributed by atoms with Crippen LogP contribution in [0, 0.1) is 0 Å². The molecule has 21 heavy (non-hydrogen) atoms. The minimum absolute atomic E-state index is 0.00320. The molecule has 5 nitrogen and oxygen atoms in total. The predicted octanol–water partition coefficient (Wildman–Crippen LogP) is 2.60. The molecule has 0 heterocycles. The standard InChI is InChI=1S/C13H20O5S3/c1-4-20-13(19)21-10(3)12(16)18-8-7-17-11(15)6-5-9(2)14/h10H,4-8H2,1-3H3. The van der Waals surface area contributed by atoms with E-state index in [9.17, 15) is 14.4 Å². The number of carbonyl (C=O) groups excluding carboxylic acids is 3. The maximum absolute atomic E-state index is 11.6. The largest absolute Gasteiger partial charge is 0.462 e. The van der Waals surface area contributed by atoms with Crippen molar-refractivity contribution >= 4 is 57.0 Å². The first kappa shape index (κ1) is 20.4. The molecule has 0 aromatic rings. The van der Waals surface area contributed by atoms with E-state index in [2.05, 4.69) is 0 Å². The summed E-state index contributed by atoms with van der Waals surface area (Å²) in [4.78, 5) is 33.5. The maximum atomic E-state index is 11.6. The molecular formula is C13H20O5S3. The number of ketones is 1. The van der Waals surface area contributed by atoms with Gasteiger partial charge in [0.1, 0.15) is 27.8 Å². The van der Waals surface area contributed by atoms with Crippen molar-refractivity contribution in [2.24, 2.45) is 0 Å². The average Bonchev–Trinajstić information content (AvgIpc) is 2.41. The molecule has 0 fully saturated rings. The Morgan fingerprint density at radius 3 is 2.33 bits per heavy atom. The SMILES string of the molecule is CCSC(=S)SC(C)C(=O)OCCOC(=O)CCC(C)=O. The van der Waals surface area contributed by atoms with Crippen molar-refractivity contribution in [2.75, 3.05) is 19.0 Å². The summed E-state index contributed by atoms with van der Waals surface area (Å²) in [6.45, 7) is 5.11. The third-order valence-corrected chi connectivity index (χ3v) is 4.69. The minimum atomic E-state index is -0.468. The first-order valence-electron chi connectivity index (χ1n) is 6.51. The molecule has 0 aliphatic heterocycles. The number of thioether (sulfide) groups is 2. The van der Waals surface area contributed by atoms with Crippen LogP contribution in [0.1, 0.15) is 33.6 Å². The van der Waals surface area contributed by atoms with Crippen molar-refractivity contribution in [3.05, 3.63) is 0 Å². The van der Waals surface area contributed by atoms with Crippen LogP contribution in [0.4, 0.5) is 0 Å². The van der Waals surface area contributed by atoms with Gasteiger partial charge in [0.2, 0.25) is 0 Å². The second-order valence-corrected chi connectivity index (χ2v) is 7.84. The number of ether oxygens (including phenoxy) is 2. The van der Waals surface area contributed by atoms with Crippen molar-refractivity contribution in [3.8, 4) is 0 Å². The van der Waals surface area contributed by atoms with Crippen LogP contribution in [-0.4, -0.2) is 45.5 Å². The zero-order chi connectivity index (χ0) is 16.3. The zero-order valence-electron chi connectivity index (χ0n) is 12.4. The number of Topliss-reactive ketones (excluding diaryl/α,β-unsaturated/α-hetero) is 1. The van der Waals surface area contributed by atoms with E-state index in [4.69, 9.17) is 21.7 Å². The average molecular weight is 352 g/mol. The fourth-order valence-electron chi connectivity index (χ4n) is 1.11. The molecule has 0 N–H and O–H groups in total. The Balaban J connectivity index is 3.76. The van der Waals surface area contributed by atoms with E-state index in [1.54, 1.807) is 6.92 Å². The molecule has 0 aromatic heterocycles. The van der Waals surface area contributed by atoms with Crippen LogP contribution in [0.5, 0.6) is 0 Å². The van der Waals surface area contributed by atoms with Crippen molar-refractivity contribution < 1.29 is 23.9 Å². The zero-order valence-corrected chi connectivity index (χ0v) is 14.8. The smallest absolute Gasteiger partial charge is 0.319 e. The lowest BCUT2D eigenvalue weighted by atomic mass is 10.2. The normalized spacial score (nSPS) is 11.6. The lowest BCUT2D eigenvalue weighted by Gasteiger charge is -2.11. The summed E-state index contributed by atoms with van der Waals surface area (Å²) in [5, 5.41) is -0.384. The summed E-state index contributed by atoms with van der Waals surface area (Å²) in [5.74, 6) is -0.0581. The molecule has 8 heteroatoms. The quantitative estimate of drug-likeness (QED) is 0.356. The highest BCUT2D eigenvalue weighted by molar-refractivity contribution is 8.47. The second kappa shape index (κ2) is 12.0. The van der Waals surface area contributed by atoms with Gasteiger partial charge in [0, 0.05) is 6.42 Å². The Hall–Kier alpha value is -0.600. The van der Waals surface area contributed by atoms with Gasteiger partial charge < -0.3 is 14.3 Å².